The summed E-state index contributed by atoms with van der Waals surface area (Å²) in [5.74, 6) is -0.124. The molecule has 2 aliphatic heterocycles. The number of nitrogens with one attached hydrogen (secondary N) is 2. The Balaban J connectivity index is 1.30. The fourth-order valence-corrected chi connectivity index (χ4v) is 7.26. The summed E-state index contributed by atoms with van der Waals surface area (Å²) >= 11 is 0. The summed E-state index contributed by atoms with van der Waals surface area (Å²) in [6, 6.07) is 13.5. The van der Waals surface area contributed by atoms with Crippen molar-refractivity contribution in [2.24, 2.45) is 10.4 Å². The van der Waals surface area contributed by atoms with Crippen molar-refractivity contribution in [3.05, 3.63) is 118 Å². The fraction of sp³-hybridized carbons (Fsp3) is 0.278. The monoisotopic (exact) mass is 558 g/mol. The molecule has 42 heavy (non-hydrogen) atoms. The third-order valence-electron chi connectivity index (χ3n) is 9.40. The number of aromatic nitrogens is 2. The highest BCUT2D eigenvalue weighted by molar-refractivity contribution is 6.18. The molecular formula is C36H35FN4O. The minimum atomic E-state index is -0.366. The molecule has 4 aromatic rings. The number of rotatable bonds is 4. The lowest BCUT2D eigenvalue weighted by molar-refractivity contribution is 0.0994. The van der Waals surface area contributed by atoms with Crippen LogP contribution in [0.25, 0.3) is 17.0 Å². The Hall–Kier alpha value is -4.45. The first-order chi connectivity index (χ1) is 20.1. The zero-order chi connectivity index (χ0) is 29.4. The number of aromatic amines is 1. The number of carbonyl (C=O) groups is 1. The van der Waals surface area contributed by atoms with Crippen LogP contribution < -0.4 is 5.32 Å². The van der Waals surface area contributed by atoms with Crippen LogP contribution in [-0.2, 0) is 12.0 Å². The lowest BCUT2D eigenvalue weighted by Crippen LogP contribution is -2.25. The molecule has 2 N–H and O–H groups in total. The van der Waals surface area contributed by atoms with Crippen molar-refractivity contribution in [2.75, 3.05) is 5.32 Å². The highest BCUT2D eigenvalue weighted by Gasteiger charge is 2.42. The van der Waals surface area contributed by atoms with Crippen LogP contribution in [-0.4, -0.2) is 21.0 Å². The van der Waals surface area contributed by atoms with Crippen LogP contribution in [0.5, 0.6) is 0 Å². The quantitative estimate of drug-likeness (QED) is 0.264. The minimum Gasteiger partial charge on any atom is -0.377 e. The zero-order valence-corrected chi connectivity index (χ0v) is 24.7. The molecule has 3 aliphatic rings. The number of aliphatic imine (C=N–C) groups is 1. The number of anilines is 1. The van der Waals surface area contributed by atoms with Gasteiger partial charge in [-0.1, -0.05) is 58.0 Å². The summed E-state index contributed by atoms with van der Waals surface area (Å²) in [6.45, 7) is 11.5. The molecule has 0 spiro atoms. The summed E-state index contributed by atoms with van der Waals surface area (Å²) < 4.78 is 16.8. The van der Waals surface area contributed by atoms with Gasteiger partial charge in [-0.25, -0.2) is 4.39 Å². The summed E-state index contributed by atoms with van der Waals surface area (Å²) in [6.07, 6.45) is 12.7. The lowest BCUT2D eigenvalue weighted by Gasteiger charge is -2.27. The molecule has 1 unspecified atom stereocenters. The number of Topliss-reactive ketones (excluding diaryl/α,β-unsaturated/α-hetero) is 1. The van der Waals surface area contributed by atoms with Crippen LogP contribution in [0.2, 0.25) is 0 Å². The third kappa shape index (κ3) is 3.81. The number of benzene rings is 2. The second-order valence-electron chi connectivity index (χ2n) is 12.6. The van der Waals surface area contributed by atoms with Gasteiger partial charge in [-0.2, -0.15) is 0 Å². The molecule has 7 rings (SSSR count). The number of para-hydroxylation sites is 1. The van der Waals surface area contributed by atoms with Crippen LogP contribution in [0.1, 0.15) is 79.8 Å². The van der Waals surface area contributed by atoms with Crippen molar-refractivity contribution in [3.8, 4) is 0 Å². The molecule has 2 aromatic heterocycles. The Labute approximate surface area is 245 Å². The summed E-state index contributed by atoms with van der Waals surface area (Å²) in [4.78, 5) is 21.3. The van der Waals surface area contributed by atoms with Crippen molar-refractivity contribution < 1.29 is 9.18 Å². The number of fused-ring (bicyclic) bond motifs is 3. The molecule has 2 aromatic carbocycles. The van der Waals surface area contributed by atoms with Gasteiger partial charge in [-0.15, -0.1) is 0 Å². The highest BCUT2D eigenvalue weighted by Crippen LogP contribution is 2.50. The number of halogens is 1. The van der Waals surface area contributed by atoms with E-state index in [4.69, 9.17) is 4.99 Å². The van der Waals surface area contributed by atoms with Crippen LogP contribution >= 0.6 is 0 Å². The van der Waals surface area contributed by atoms with E-state index in [9.17, 15) is 9.18 Å². The van der Waals surface area contributed by atoms with Crippen molar-refractivity contribution in [1.29, 1.82) is 0 Å². The number of ketones is 1. The highest BCUT2D eigenvalue weighted by atomic mass is 19.1. The van der Waals surface area contributed by atoms with Crippen LogP contribution in [0.15, 0.2) is 89.3 Å². The summed E-state index contributed by atoms with van der Waals surface area (Å²) in [7, 11) is 0. The molecule has 4 heterocycles. The molecular weight excluding hydrogens is 523 g/mol. The Morgan fingerprint density at radius 2 is 1.95 bits per heavy atom. The van der Waals surface area contributed by atoms with E-state index < -0.39 is 0 Å². The maximum Gasteiger partial charge on any atom is 0.169 e. The van der Waals surface area contributed by atoms with Crippen molar-refractivity contribution in [2.45, 2.75) is 59.0 Å². The number of hydrogen-bond donors (Lipinski definition) is 2. The molecule has 0 saturated carbocycles. The van der Waals surface area contributed by atoms with E-state index in [0.29, 0.717) is 13.0 Å². The SMILES string of the molecule is CC=C1C(=CCn2cc(C3Nc4ccccc4C3(C)C)c3cc(F)ccc32)N=C(c2c[nH]c3c2C(=O)CC=C3)C1(C)C. The Bertz CT molecular complexity index is 1910. The van der Waals surface area contributed by atoms with E-state index in [2.05, 4.69) is 79.1 Å². The van der Waals surface area contributed by atoms with E-state index in [1.165, 1.54) is 11.6 Å². The maximum absolute atomic E-state index is 14.6. The van der Waals surface area contributed by atoms with Crippen molar-refractivity contribution >= 4 is 34.2 Å². The predicted octanol–water partition coefficient (Wildman–Crippen LogP) is 8.51. The van der Waals surface area contributed by atoms with Crippen LogP contribution in [0.3, 0.4) is 0 Å². The normalized spacial score (nSPS) is 22.1. The van der Waals surface area contributed by atoms with Crippen molar-refractivity contribution in [3.63, 3.8) is 0 Å². The minimum absolute atomic E-state index is 0.000549. The van der Waals surface area contributed by atoms with Gasteiger partial charge in [-0.05, 0) is 54.5 Å². The zero-order valence-electron chi connectivity index (χ0n) is 24.7. The van der Waals surface area contributed by atoms with Gasteiger partial charge < -0.3 is 14.9 Å². The van der Waals surface area contributed by atoms with Gasteiger partial charge in [0.05, 0.1) is 23.0 Å². The smallest absolute Gasteiger partial charge is 0.169 e. The van der Waals surface area contributed by atoms with Gasteiger partial charge in [0.25, 0.3) is 0 Å². The second kappa shape index (κ2) is 9.28. The van der Waals surface area contributed by atoms with Gasteiger partial charge in [0.1, 0.15) is 5.82 Å². The lowest BCUT2D eigenvalue weighted by atomic mass is 9.77. The van der Waals surface area contributed by atoms with E-state index >= 15 is 0 Å². The number of nitrogens with zero attached hydrogens (tertiary/aromatic N) is 2. The number of H-pyrrole nitrogens is 1. The van der Waals surface area contributed by atoms with Crippen LogP contribution in [0.4, 0.5) is 10.1 Å². The number of allylic oxidation sites excluding steroid dienone is 4. The standard InChI is InChI=1S/C36H35FN4O/c1-6-25-28(40-33(35(25,2)3)23-19-38-29-12-9-13-31(42)32(23)29)16-17-41-20-24(22-18-21(37)14-15-30(22)41)34-36(4,5)26-10-7-8-11-27(26)39-34/h6-12,14-16,18-20,34,38-39H,13,17H2,1-5H3. The van der Waals surface area contributed by atoms with Crippen LogP contribution in [0, 0.1) is 11.2 Å². The molecule has 1 atom stereocenters. The average Bonchev–Trinajstić information content (AvgIpc) is 3.67. The van der Waals surface area contributed by atoms with Gasteiger partial charge in [0.2, 0.25) is 0 Å². The first-order valence-electron chi connectivity index (χ1n) is 14.6. The van der Waals surface area contributed by atoms with Gasteiger partial charge >= 0.3 is 0 Å². The molecule has 212 valence electrons. The van der Waals surface area contributed by atoms with E-state index in [1.54, 1.807) is 6.07 Å². The molecule has 0 radical (unpaired) electrons. The average molecular weight is 559 g/mol. The Morgan fingerprint density at radius 3 is 2.74 bits per heavy atom. The molecule has 6 heteroatoms. The fourth-order valence-electron chi connectivity index (χ4n) is 7.26. The molecule has 1 aliphatic carbocycles. The molecule has 0 saturated heterocycles. The first kappa shape index (κ1) is 26.4. The van der Waals surface area contributed by atoms with E-state index in [1.807, 2.05) is 37.4 Å². The van der Waals surface area contributed by atoms with Gasteiger partial charge in [-0.3, -0.25) is 9.79 Å². The summed E-state index contributed by atoms with van der Waals surface area (Å²) in [5.41, 5.74) is 9.32. The topological polar surface area (TPSA) is 62.2 Å². The number of hydrogen-bond acceptors (Lipinski definition) is 3. The maximum atomic E-state index is 14.6. The Morgan fingerprint density at radius 1 is 1.14 bits per heavy atom. The third-order valence-corrected chi connectivity index (χ3v) is 9.40. The molecule has 0 amide bonds. The molecule has 0 bridgehead atoms. The van der Waals surface area contributed by atoms with Gasteiger partial charge in [0, 0.05) is 69.6 Å². The molecule has 0 fully saturated rings. The molecule has 5 nitrogen and oxygen atoms in total. The second-order valence-corrected chi connectivity index (χ2v) is 12.6. The van der Waals surface area contributed by atoms with Gasteiger partial charge in [0.15, 0.2) is 5.78 Å². The Kier molecular flexibility index (Phi) is 5.84. The van der Waals surface area contributed by atoms with E-state index in [-0.39, 0.29) is 28.5 Å². The van der Waals surface area contributed by atoms with E-state index in [0.717, 1.165) is 56.0 Å². The predicted molar refractivity (Wildman–Crippen MR) is 169 cm³/mol. The largest absolute Gasteiger partial charge is 0.377 e. The van der Waals surface area contributed by atoms with Crippen molar-refractivity contribution in [1.82, 2.24) is 9.55 Å². The number of carbonyl (C=O) groups excluding carboxylic acids is 1. The first-order valence-corrected chi connectivity index (χ1v) is 14.6. The summed E-state index contributed by atoms with van der Waals surface area (Å²) in [5, 5.41) is 4.64.